The Labute approximate surface area is 100 Å². The van der Waals surface area contributed by atoms with Crippen LogP contribution in [0.3, 0.4) is 0 Å². The minimum atomic E-state index is -0.777. The first-order valence-corrected chi connectivity index (χ1v) is 5.42. The fourth-order valence-electron chi connectivity index (χ4n) is 1.75. The number of rotatable bonds is 2. The van der Waals surface area contributed by atoms with Gasteiger partial charge in [0.05, 0.1) is 16.7 Å². The second kappa shape index (κ2) is 4.07. The summed E-state index contributed by atoms with van der Waals surface area (Å²) in [6, 6.07) is 11.9. The summed E-state index contributed by atoms with van der Waals surface area (Å²) < 4.78 is 5.35. The summed E-state index contributed by atoms with van der Waals surface area (Å²) in [5.41, 5.74) is 0.134. The van der Waals surface area contributed by atoms with E-state index in [-0.39, 0.29) is 0 Å². The summed E-state index contributed by atoms with van der Waals surface area (Å²) >= 11 is 5.40. The Hall–Kier alpha value is -1.66. The van der Waals surface area contributed by atoms with Crippen LogP contribution in [0.1, 0.15) is 12.5 Å². The van der Waals surface area contributed by atoms with Crippen LogP contribution in [0.15, 0.2) is 42.2 Å². The first kappa shape index (κ1) is 10.8. The third-order valence-corrected chi connectivity index (χ3v) is 3.22. The highest BCUT2D eigenvalue weighted by Gasteiger charge is 2.38. The highest BCUT2D eigenvalue weighted by Crippen LogP contribution is 2.32. The van der Waals surface area contributed by atoms with Crippen molar-refractivity contribution in [3.05, 3.63) is 47.7 Å². The molecule has 0 amide bonds. The number of benzene rings is 1. The monoisotopic (exact) mass is 229 g/mol. The maximum absolute atomic E-state index is 9.30. The van der Waals surface area contributed by atoms with Gasteiger partial charge in [-0.3, -0.25) is 0 Å². The SMILES string of the molecule is CC1=CC(C#N)(C(=S)c2ccccc2)CO1. The van der Waals surface area contributed by atoms with Gasteiger partial charge in [0.1, 0.15) is 12.0 Å². The molecule has 0 N–H and O–H groups in total. The molecule has 0 radical (unpaired) electrons. The van der Waals surface area contributed by atoms with Crippen molar-refractivity contribution in [1.29, 1.82) is 5.26 Å². The summed E-state index contributed by atoms with van der Waals surface area (Å²) in [6.45, 7) is 2.16. The van der Waals surface area contributed by atoms with E-state index < -0.39 is 5.41 Å². The predicted octanol–water partition coefficient (Wildman–Crippen LogP) is 2.85. The molecule has 1 aromatic rings. The lowest BCUT2D eigenvalue weighted by atomic mass is 9.84. The molecule has 1 aliphatic rings. The van der Waals surface area contributed by atoms with Gasteiger partial charge in [0, 0.05) is 0 Å². The minimum absolute atomic E-state index is 0.322. The minimum Gasteiger partial charge on any atom is -0.496 e. The maximum atomic E-state index is 9.30. The molecule has 0 spiro atoms. The maximum Gasteiger partial charge on any atom is 0.148 e. The largest absolute Gasteiger partial charge is 0.496 e. The van der Waals surface area contributed by atoms with E-state index in [4.69, 9.17) is 17.0 Å². The molecule has 0 aliphatic carbocycles. The molecule has 1 heterocycles. The number of hydrogen-bond donors (Lipinski definition) is 0. The summed E-state index contributed by atoms with van der Waals surface area (Å²) in [4.78, 5) is 0.632. The fraction of sp³-hybridized carbons (Fsp3) is 0.231. The Balaban J connectivity index is 2.39. The van der Waals surface area contributed by atoms with Crippen molar-refractivity contribution in [2.24, 2.45) is 5.41 Å². The molecule has 0 saturated carbocycles. The molecular weight excluding hydrogens is 218 g/mol. The van der Waals surface area contributed by atoms with Crippen LogP contribution in [-0.4, -0.2) is 11.5 Å². The number of hydrogen-bond acceptors (Lipinski definition) is 3. The van der Waals surface area contributed by atoms with Crippen molar-refractivity contribution in [3.8, 4) is 6.07 Å². The first-order chi connectivity index (χ1) is 7.68. The quantitative estimate of drug-likeness (QED) is 0.577. The van der Waals surface area contributed by atoms with Crippen molar-refractivity contribution < 1.29 is 4.74 Å². The van der Waals surface area contributed by atoms with Crippen molar-refractivity contribution in [3.63, 3.8) is 0 Å². The van der Waals surface area contributed by atoms with Gasteiger partial charge in [0.25, 0.3) is 0 Å². The Morgan fingerprint density at radius 1 is 1.44 bits per heavy atom. The molecule has 80 valence electrons. The van der Waals surface area contributed by atoms with Crippen molar-refractivity contribution in [1.82, 2.24) is 0 Å². The highest BCUT2D eigenvalue weighted by atomic mass is 32.1. The van der Waals surface area contributed by atoms with E-state index in [9.17, 15) is 5.26 Å². The molecular formula is C13H11NOS. The van der Waals surface area contributed by atoms with Crippen LogP contribution in [-0.2, 0) is 4.74 Å². The zero-order valence-electron chi connectivity index (χ0n) is 8.93. The van der Waals surface area contributed by atoms with Gasteiger partial charge in [-0.25, -0.2) is 0 Å². The average molecular weight is 229 g/mol. The van der Waals surface area contributed by atoms with Crippen LogP contribution < -0.4 is 0 Å². The van der Waals surface area contributed by atoms with E-state index in [0.29, 0.717) is 11.5 Å². The second-order valence-corrected chi connectivity index (χ2v) is 4.23. The molecule has 0 saturated heterocycles. The van der Waals surface area contributed by atoms with E-state index in [2.05, 4.69) is 6.07 Å². The van der Waals surface area contributed by atoms with E-state index in [0.717, 1.165) is 11.3 Å². The molecule has 1 aromatic carbocycles. The van der Waals surface area contributed by atoms with Crippen LogP contribution >= 0.6 is 12.2 Å². The Bertz CT molecular complexity index is 486. The number of ether oxygens (including phenoxy) is 1. The molecule has 0 fully saturated rings. The third kappa shape index (κ3) is 1.72. The fourth-order valence-corrected chi connectivity index (χ4v) is 2.05. The van der Waals surface area contributed by atoms with E-state index in [1.165, 1.54) is 0 Å². The van der Waals surface area contributed by atoms with Gasteiger partial charge in [0.15, 0.2) is 0 Å². The normalized spacial score (nSPS) is 23.1. The van der Waals surface area contributed by atoms with Gasteiger partial charge in [-0.15, -0.1) is 0 Å². The lowest BCUT2D eigenvalue weighted by molar-refractivity contribution is 0.220. The molecule has 1 unspecified atom stereocenters. The van der Waals surface area contributed by atoms with Crippen LogP contribution in [0, 0.1) is 16.7 Å². The van der Waals surface area contributed by atoms with Crippen LogP contribution in [0.25, 0.3) is 0 Å². The topological polar surface area (TPSA) is 33.0 Å². The van der Waals surface area contributed by atoms with Gasteiger partial charge in [-0.05, 0) is 18.6 Å². The lowest BCUT2D eigenvalue weighted by Crippen LogP contribution is -2.28. The predicted molar refractivity (Wildman–Crippen MR) is 65.9 cm³/mol. The lowest BCUT2D eigenvalue weighted by Gasteiger charge is -2.18. The molecule has 0 bridgehead atoms. The molecule has 16 heavy (non-hydrogen) atoms. The molecule has 1 aliphatic heterocycles. The van der Waals surface area contributed by atoms with E-state index in [1.54, 1.807) is 0 Å². The zero-order chi connectivity index (χ0) is 11.6. The standard InChI is InChI=1S/C13H11NOS/c1-10-7-13(8-14,9-15-10)12(16)11-5-3-2-4-6-11/h2-7H,9H2,1H3. The molecule has 3 heteroatoms. The van der Waals surface area contributed by atoms with Crippen molar-refractivity contribution >= 4 is 17.1 Å². The number of nitriles is 1. The summed E-state index contributed by atoms with van der Waals surface area (Å²) in [5.74, 6) is 0.764. The number of nitrogens with zero attached hydrogens (tertiary/aromatic N) is 1. The molecule has 2 rings (SSSR count). The first-order valence-electron chi connectivity index (χ1n) is 5.01. The summed E-state index contributed by atoms with van der Waals surface area (Å²) in [5, 5.41) is 9.30. The van der Waals surface area contributed by atoms with Crippen LogP contribution in [0.5, 0.6) is 0 Å². The molecule has 2 nitrogen and oxygen atoms in total. The summed E-state index contributed by atoms with van der Waals surface area (Å²) in [7, 11) is 0. The van der Waals surface area contributed by atoms with E-state index >= 15 is 0 Å². The number of thiocarbonyl (C=S) groups is 1. The molecule has 0 aromatic heterocycles. The van der Waals surface area contributed by atoms with Gasteiger partial charge in [0.2, 0.25) is 0 Å². The third-order valence-electron chi connectivity index (χ3n) is 2.62. The second-order valence-electron chi connectivity index (χ2n) is 3.82. The van der Waals surface area contributed by atoms with Gasteiger partial charge >= 0.3 is 0 Å². The van der Waals surface area contributed by atoms with Crippen molar-refractivity contribution in [2.45, 2.75) is 6.92 Å². The van der Waals surface area contributed by atoms with Crippen molar-refractivity contribution in [2.75, 3.05) is 6.61 Å². The smallest absolute Gasteiger partial charge is 0.148 e. The van der Waals surface area contributed by atoms with Crippen LogP contribution in [0.2, 0.25) is 0 Å². The van der Waals surface area contributed by atoms with Gasteiger partial charge < -0.3 is 4.74 Å². The Morgan fingerprint density at radius 3 is 2.62 bits per heavy atom. The van der Waals surface area contributed by atoms with Gasteiger partial charge in [-0.1, -0.05) is 42.5 Å². The summed E-state index contributed by atoms with van der Waals surface area (Å²) in [6.07, 6.45) is 1.81. The van der Waals surface area contributed by atoms with Crippen LogP contribution in [0.4, 0.5) is 0 Å². The zero-order valence-corrected chi connectivity index (χ0v) is 9.75. The van der Waals surface area contributed by atoms with Gasteiger partial charge in [-0.2, -0.15) is 5.26 Å². The van der Waals surface area contributed by atoms with E-state index in [1.807, 2.05) is 43.3 Å². The number of allylic oxidation sites excluding steroid dienone is 1. The Morgan fingerprint density at radius 2 is 2.12 bits per heavy atom. The average Bonchev–Trinajstić information content (AvgIpc) is 2.72. The Kier molecular flexibility index (Phi) is 2.76. The highest BCUT2D eigenvalue weighted by molar-refractivity contribution is 7.81. The molecule has 1 atom stereocenters.